The highest BCUT2D eigenvalue weighted by Gasteiger charge is 2.22. The monoisotopic (exact) mass is 391 g/mol. The highest BCUT2D eigenvalue weighted by molar-refractivity contribution is 5.89. The second-order valence-electron chi connectivity index (χ2n) is 7.66. The van der Waals surface area contributed by atoms with Crippen LogP contribution in [-0.2, 0) is 20.0 Å². The Hall–Kier alpha value is -3.06. The Labute approximate surface area is 170 Å². The topological polar surface area (TPSA) is 84.1 Å². The predicted molar refractivity (Wildman–Crippen MR) is 109 cm³/mol. The third kappa shape index (κ3) is 4.51. The standard InChI is InChI=1S/C22H25N5O2/c1-26-10-8-23-21(26)20-13-24-18(12-25-20)11-16-5-4-9-27(14-16)15-17-6-2-3-7-19(17)22(28)29/h2-3,6-8,10,12-13,16H,4-5,9,11,14-15H2,1H3,(H,28,29)/t16-/m1/s1. The Balaban J connectivity index is 1.39. The van der Waals surface area contributed by atoms with E-state index < -0.39 is 5.97 Å². The molecular formula is C22H25N5O2. The summed E-state index contributed by atoms with van der Waals surface area (Å²) in [5.41, 5.74) is 3.03. The number of aromatic nitrogens is 4. The normalized spacial score (nSPS) is 17.3. The minimum absolute atomic E-state index is 0.394. The molecule has 2 aromatic heterocycles. The molecule has 1 aliphatic heterocycles. The number of nitrogens with zero attached hydrogens (tertiary/aromatic N) is 5. The highest BCUT2D eigenvalue weighted by atomic mass is 16.4. The molecule has 1 fully saturated rings. The minimum Gasteiger partial charge on any atom is -0.478 e. The lowest BCUT2D eigenvalue weighted by Crippen LogP contribution is -2.36. The molecule has 1 saturated heterocycles. The van der Waals surface area contributed by atoms with Crippen molar-refractivity contribution in [2.24, 2.45) is 13.0 Å². The quantitative estimate of drug-likeness (QED) is 0.695. The third-order valence-corrected chi connectivity index (χ3v) is 5.50. The van der Waals surface area contributed by atoms with E-state index in [4.69, 9.17) is 0 Å². The lowest BCUT2D eigenvalue weighted by Gasteiger charge is -2.33. The van der Waals surface area contributed by atoms with Crippen LogP contribution in [0.1, 0.15) is 34.5 Å². The fourth-order valence-corrected chi connectivity index (χ4v) is 4.05. The summed E-state index contributed by atoms with van der Waals surface area (Å²) in [4.78, 5) is 27.3. The number of imidazole rings is 1. The number of hydrogen-bond donors (Lipinski definition) is 1. The predicted octanol–water partition coefficient (Wildman–Crippen LogP) is 3.03. The van der Waals surface area contributed by atoms with Crippen LogP contribution >= 0.6 is 0 Å². The number of likely N-dealkylation sites (tertiary alicyclic amines) is 1. The van der Waals surface area contributed by atoms with Gasteiger partial charge < -0.3 is 9.67 Å². The molecule has 0 amide bonds. The van der Waals surface area contributed by atoms with E-state index in [0.29, 0.717) is 18.0 Å². The number of carbonyl (C=O) groups is 1. The second kappa shape index (κ2) is 8.53. The molecule has 29 heavy (non-hydrogen) atoms. The summed E-state index contributed by atoms with van der Waals surface area (Å²) in [7, 11) is 1.94. The van der Waals surface area contributed by atoms with Gasteiger partial charge >= 0.3 is 5.97 Å². The summed E-state index contributed by atoms with van der Waals surface area (Å²) in [6.07, 6.45) is 10.4. The molecular weight excluding hydrogens is 366 g/mol. The molecule has 0 bridgehead atoms. The Morgan fingerprint density at radius 1 is 1.21 bits per heavy atom. The van der Waals surface area contributed by atoms with E-state index >= 15 is 0 Å². The highest BCUT2D eigenvalue weighted by Crippen LogP contribution is 2.23. The van der Waals surface area contributed by atoms with E-state index in [1.807, 2.05) is 36.1 Å². The van der Waals surface area contributed by atoms with Crippen LogP contribution in [0.5, 0.6) is 0 Å². The van der Waals surface area contributed by atoms with Crippen LogP contribution in [-0.4, -0.2) is 48.6 Å². The average Bonchev–Trinajstić information content (AvgIpc) is 3.15. The zero-order valence-electron chi connectivity index (χ0n) is 16.5. The molecule has 1 N–H and O–H groups in total. The lowest BCUT2D eigenvalue weighted by atomic mass is 9.93. The van der Waals surface area contributed by atoms with E-state index in [2.05, 4.69) is 19.9 Å². The third-order valence-electron chi connectivity index (χ3n) is 5.50. The van der Waals surface area contributed by atoms with E-state index in [1.165, 1.54) is 0 Å². The van der Waals surface area contributed by atoms with Crippen molar-refractivity contribution in [1.82, 2.24) is 24.4 Å². The molecule has 0 saturated carbocycles. The van der Waals surface area contributed by atoms with Gasteiger partial charge in [-0.1, -0.05) is 18.2 Å². The van der Waals surface area contributed by atoms with Gasteiger partial charge in [-0.2, -0.15) is 0 Å². The molecule has 3 aromatic rings. The molecule has 4 rings (SSSR count). The Morgan fingerprint density at radius 2 is 2.07 bits per heavy atom. The van der Waals surface area contributed by atoms with Gasteiger partial charge in [0.05, 0.1) is 17.5 Å². The minimum atomic E-state index is -0.864. The molecule has 0 unspecified atom stereocenters. The Morgan fingerprint density at radius 3 is 2.79 bits per heavy atom. The first kappa shape index (κ1) is 19.3. The summed E-state index contributed by atoms with van der Waals surface area (Å²) in [6.45, 7) is 2.60. The van der Waals surface area contributed by atoms with E-state index in [9.17, 15) is 9.90 Å². The van der Waals surface area contributed by atoms with E-state index in [0.717, 1.165) is 55.1 Å². The van der Waals surface area contributed by atoms with Crippen LogP contribution < -0.4 is 0 Å². The van der Waals surface area contributed by atoms with E-state index in [-0.39, 0.29) is 0 Å². The average molecular weight is 391 g/mol. The van der Waals surface area contributed by atoms with Crippen molar-refractivity contribution >= 4 is 5.97 Å². The summed E-state index contributed by atoms with van der Waals surface area (Å²) in [5, 5.41) is 9.41. The molecule has 7 nitrogen and oxygen atoms in total. The van der Waals surface area contributed by atoms with E-state index in [1.54, 1.807) is 24.5 Å². The van der Waals surface area contributed by atoms with Gasteiger partial charge in [0.25, 0.3) is 0 Å². The summed E-state index contributed by atoms with van der Waals surface area (Å²) in [6, 6.07) is 7.27. The van der Waals surface area contributed by atoms with Crippen molar-refractivity contribution in [3.63, 3.8) is 0 Å². The van der Waals surface area contributed by atoms with Crippen LogP contribution in [0, 0.1) is 5.92 Å². The molecule has 0 aliphatic carbocycles. The van der Waals surface area contributed by atoms with Gasteiger partial charge in [-0.15, -0.1) is 0 Å². The maximum absolute atomic E-state index is 11.5. The second-order valence-corrected chi connectivity index (χ2v) is 7.66. The molecule has 1 atom stereocenters. The van der Waals surface area contributed by atoms with Crippen molar-refractivity contribution < 1.29 is 9.90 Å². The fourth-order valence-electron chi connectivity index (χ4n) is 4.05. The maximum atomic E-state index is 11.5. The van der Waals surface area contributed by atoms with Gasteiger partial charge in [-0.3, -0.25) is 9.88 Å². The van der Waals surface area contributed by atoms with Gasteiger partial charge in [0, 0.05) is 38.7 Å². The fraction of sp³-hybridized carbons (Fsp3) is 0.364. The van der Waals surface area contributed by atoms with Crippen LogP contribution in [0.3, 0.4) is 0 Å². The number of carboxylic acid groups (broad SMARTS) is 1. The molecule has 7 heteroatoms. The number of carboxylic acids is 1. The van der Waals surface area contributed by atoms with Gasteiger partial charge in [0.1, 0.15) is 5.69 Å². The maximum Gasteiger partial charge on any atom is 0.336 e. The Kier molecular flexibility index (Phi) is 5.67. The van der Waals surface area contributed by atoms with Gasteiger partial charge in [0.2, 0.25) is 0 Å². The number of aryl methyl sites for hydroxylation is 1. The van der Waals surface area contributed by atoms with Gasteiger partial charge in [-0.05, 0) is 43.4 Å². The number of benzene rings is 1. The first-order chi connectivity index (χ1) is 14.1. The Bertz CT molecular complexity index is 983. The molecule has 1 aromatic carbocycles. The van der Waals surface area contributed by atoms with Crippen molar-refractivity contribution in [3.8, 4) is 11.5 Å². The summed E-state index contributed by atoms with van der Waals surface area (Å²) in [5.74, 6) is 0.441. The SMILES string of the molecule is Cn1ccnc1-c1cnc(C[C@H]2CCCN(Cc3ccccc3C(=O)O)C2)cn1. The van der Waals surface area contributed by atoms with Crippen LogP contribution in [0.15, 0.2) is 49.1 Å². The molecule has 0 radical (unpaired) electrons. The number of aromatic carboxylic acids is 1. The smallest absolute Gasteiger partial charge is 0.336 e. The zero-order valence-corrected chi connectivity index (χ0v) is 16.5. The molecule has 3 heterocycles. The van der Waals surface area contributed by atoms with Crippen molar-refractivity contribution in [2.75, 3.05) is 13.1 Å². The molecule has 1 aliphatic rings. The summed E-state index contributed by atoms with van der Waals surface area (Å²) < 4.78 is 1.93. The van der Waals surface area contributed by atoms with Crippen molar-refractivity contribution in [1.29, 1.82) is 0 Å². The van der Waals surface area contributed by atoms with Crippen molar-refractivity contribution in [3.05, 3.63) is 65.9 Å². The molecule has 0 spiro atoms. The lowest BCUT2D eigenvalue weighted by molar-refractivity contribution is 0.0693. The van der Waals surface area contributed by atoms with Crippen molar-refractivity contribution in [2.45, 2.75) is 25.8 Å². The largest absolute Gasteiger partial charge is 0.478 e. The van der Waals surface area contributed by atoms with Crippen LogP contribution in [0.25, 0.3) is 11.5 Å². The van der Waals surface area contributed by atoms with Crippen LogP contribution in [0.4, 0.5) is 0 Å². The summed E-state index contributed by atoms with van der Waals surface area (Å²) >= 11 is 0. The number of piperidine rings is 1. The zero-order chi connectivity index (χ0) is 20.2. The first-order valence-corrected chi connectivity index (χ1v) is 9.92. The van der Waals surface area contributed by atoms with Crippen LogP contribution in [0.2, 0.25) is 0 Å². The van der Waals surface area contributed by atoms with Gasteiger partial charge in [-0.25, -0.2) is 14.8 Å². The number of hydrogen-bond acceptors (Lipinski definition) is 5. The van der Waals surface area contributed by atoms with Gasteiger partial charge in [0.15, 0.2) is 5.82 Å². The first-order valence-electron chi connectivity index (χ1n) is 9.92. The number of rotatable bonds is 6. The molecule has 150 valence electrons.